The minimum absolute atomic E-state index is 0.338. The molecule has 3 rings (SSSR count). The van der Waals surface area contributed by atoms with Gasteiger partial charge in [0.2, 0.25) is 0 Å². The Morgan fingerprint density at radius 2 is 2.30 bits per heavy atom. The molecule has 20 heavy (non-hydrogen) atoms. The number of hydrogen-bond donors (Lipinski definition) is 1. The van der Waals surface area contributed by atoms with Crippen LogP contribution in [-0.4, -0.2) is 52.5 Å². The van der Waals surface area contributed by atoms with Crippen molar-refractivity contribution in [2.45, 2.75) is 57.5 Å². The Hall–Kier alpha value is -0.980. The number of ether oxygens (including phenoxy) is 1. The molecule has 1 N–H and O–H groups in total. The van der Waals surface area contributed by atoms with Crippen molar-refractivity contribution in [1.82, 2.24) is 25.0 Å². The Morgan fingerprint density at radius 3 is 3.00 bits per heavy atom. The van der Waals surface area contributed by atoms with Gasteiger partial charge in [-0.3, -0.25) is 0 Å². The molecule has 1 fully saturated rings. The number of nitrogens with zero attached hydrogens (tertiary/aromatic N) is 4. The van der Waals surface area contributed by atoms with Crippen LogP contribution >= 0.6 is 0 Å². The number of likely N-dealkylation sites (N-methyl/N-ethyl adjacent to an activating group) is 1. The van der Waals surface area contributed by atoms with E-state index in [1.165, 1.54) is 12.8 Å². The summed E-state index contributed by atoms with van der Waals surface area (Å²) < 4.78 is 7.19. The minimum Gasteiger partial charge on any atom is -0.377 e. The lowest BCUT2D eigenvalue weighted by Gasteiger charge is -2.26. The quantitative estimate of drug-likeness (QED) is 0.889. The first-order chi connectivity index (χ1) is 9.67. The fourth-order valence-electron chi connectivity index (χ4n) is 3.35. The standard InChI is InChI=1S/C14H25N5O/c1-10-7-11(8-18(10)2)15-12-5-4-6-19-14(12)16-13(17-19)9-20-3/h10-12,15H,4-9H2,1-3H3. The van der Waals surface area contributed by atoms with E-state index in [0.717, 1.165) is 31.2 Å². The number of likely N-dealkylation sites (tertiary alicyclic amines) is 1. The fourth-order valence-corrected chi connectivity index (χ4v) is 3.35. The van der Waals surface area contributed by atoms with Crippen LogP contribution in [0.15, 0.2) is 0 Å². The van der Waals surface area contributed by atoms with Gasteiger partial charge in [-0.25, -0.2) is 9.67 Å². The van der Waals surface area contributed by atoms with Crippen LogP contribution in [-0.2, 0) is 17.9 Å². The van der Waals surface area contributed by atoms with Gasteiger partial charge >= 0.3 is 0 Å². The van der Waals surface area contributed by atoms with Crippen LogP contribution < -0.4 is 5.32 Å². The summed E-state index contributed by atoms with van der Waals surface area (Å²) in [7, 11) is 3.89. The zero-order chi connectivity index (χ0) is 14.1. The third-order valence-electron chi connectivity index (χ3n) is 4.52. The van der Waals surface area contributed by atoms with Gasteiger partial charge in [-0.05, 0) is 33.2 Å². The summed E-state index contributed by atoms with van der Waals surface area (Å²) in [5, 5.41) is 8.31. The Labute approximate surface area is 120 Å². The number of nitrogens with one attached hydrogen (secondary N) is 1. The molecule has 6 heteroatoms. The maximum atomic E-state index is 5.14. The first kappa shape index (κ1) is 14.0. The van der Waals surface area contributed by atoms with Gasteiger partial charge in [0.15, 0.2) is 5.82 Å². The molecule has 6 nitrogen and oxygen atoms in total. The van der Waals surface area contributed by atoms with E-state index < -0.39 is 0 Å². The summed E-state index contributed by atoms with van der Waals surface area (Å²) >= 11 is 0. The lowest BCUT2D eigenvalue weighted by atomic mass is 10.1. The van der Waals surface area contributed by atoms with E-state index in [9.17, 15) is 0 Å². The van der Waals surface area contributed by atoms with Crippen molar-refractivity contribution in [1.29, 1.82) is 0 Å². The monoisotopic (exact) mass is 279 g/mol. The van der Waals surface area contributed by atoms with Gasteiger partial charge in [-0.2, -0.15) is 5.10 Å². The van der Waals surface area contributed by atoms with Crippen molar-refractivity contribution >= 4 is 0 Å². The zero-order valence-electron chi connectivity index (χ0n) is 12.7. The van der Waals surface area contributed by atoms with Crippen LogP contribution in [0.2, 0.25) is 0 Å². The SMILES string of the molecule is COCc1nc2n(n1)CCCC2NC1CC(C)N(C)C1. The lowest BCUT2D eigenvalue weighted by Crippen LogP contribution is -2.37. The number of methoxy groups -OCH3 is 1. The van der Waals surface area contributed by atoms with E-state index in [4.69, 9.17) is 4.74 Å². The normalized spacial score (nSPS) is 30.6. The highest BCUT2D eigenvalue weighted by Gasteiger charge is 2.31. The highest BCUT2D eigenvalue weighted by Crippen LogP contribution is 2.26. The minimum atomic E-state index is 0.338. The van der Waals surface area contributed by atoms with E-state index in [1.54, 1.807) is 7.11 Å². The first-order valence-corrected chi connectivity index (χ1v) is 7.56. The number of aromatic nitrogens is 3. The molecule has 1 aromatic rings. The molecule has 3 unspecified atom stereocenters. The third-order valence-corrected chi connectivity index (χ3v) is 4.52. The van der Waals surface area contributed by atoms with Crippen molar-refractivity contribution in [3.8, 4) is 0 Å². The van der Waals surface area contributed by atoms with Crippen LogP contribution in [0, 0.1) is 0 Å². The topological polar surface area (TPSA) is 55.2 Å². The third kappa shape index (κ3) is 2.73. The second-order valence-electron chi connectivity index (χ2n) is 6.13. The van der Waals surface area contributed by atoms with E-state index in [2.05, 4.69) is 39.0 Å². The summed E-state index contributed by atoms with van der Waals surface area (Å²) in [4.78, 5) is 7.07. The summed E-state index contributed by atoms with van der Waals surface area (Å²) in [5.41, 5.74) is 0. The summed E-state index contributed by atoms with van der Waals surface area (Å²) in [5.74, 6) is 1.89. The maximum absolute atomic E-state index is 5.14. The Balaban J connectivity index is 1.70. The van der Waals surface area contributed by atoms with Crippen molar-refractivity contribution < 1.29 is 4.74 Å². The molecule has 0 aromatic carbocycles. The molecule has 1 saturated heterocycles. The van der Waals surface area contributed by atoms with Gasteiger partial charge in [0.05, 0.1) is 6.04 Å². The van der Waals surface area contributed by atoms with Gasteiger partial charge in [0.25, 0.3) is 0 Å². The Morgan fingerprint density at radius 1 is 1.45 bits per heavy atom. The smallest absolute Gasteiger partial charge is 0.176 e. The molecule has 3 heterocycles. The average molecular weight is 279 g/mol. The van der Waals surface area contributed by atoms with Gasteiger partial charge in [-0.1, -0.05) is 0 Å². The maximum Gasteiger partial charge on any atom is 0.176 e. The van der Waals surface area contributed by atoms with Gasteiger partial charge < -0.3 is 15.0 Å². The van der Waals surface area contributed by atoms with Gasteiger partial charge in [-0.15, -0.1) is 0 Å². The Bertz CT molecular complexity index is 450. The molecular formula is C14H25N5O. The molecule has 0 radical (unpaired) electrons. The molecule has 3 atom stereocenters. The number of fused-ring (bicyclic) bond motifs is 1. The van der Waals surface area contributed by atoms with Gasteiger partial charge in [0.1, 0.15) is 12.4 Å². The van der Waals surface area contributed by atoms with Crippen molar-refractivity contribution in [3.63, 3.8) is 0 Å². The number of aryl methyl sites for hydroxylation is 1. The zero-order valence-corrected chi connectivity index (χ0v) is 12.7. The molecule has 0 amide bonds. The van der Waals surface area contributed by atoms with Crippen molar-refractivity contribution in [2.24, 2.45) is 0 Å². The summed E-state index contributed by atoms with van der Waals surface area (Å²) in [6.07, 6.45) is 3.53. The van der Waals surface area contributed by atoms with Crippen LogP contribution in [0.1, 0.15) is 43.9 Å². The van der Waals surface area contributed by atoms with Crippen LogP contribution in [0.25, 0.3) is 0 Å². The van der Waals surface area contributed by atoms with E-state index in [-0.39, 0.29) is 0 Å². The average Bonchev–Trinajstić information content (AvgIpc) is 2.95. The molecular weight excluding hydrogens is 254 g/mol. The molecule has 0 bridgehead atoms. The van der Waals surface area contributed by atoms with E-state index in [1.807, 2.05) is 0 Å². The number of hydrogen-bond acceptors (Lipinski definition) is 5. The second-order valence-corrected chi connectivity index (χ2v) is 6.13. The number of rotatable bonds is 4. The van der Waals surface area contributed by atoms with Crippen LogP contribution in [0.4, 0.5) is 0 Å². The van der Waals surface area contributed by atoms with Crippen LogP contribution in [0.3, 0.4) is 0 Å². The lowest BCUT2D eigenvalue weighted by molar-refractivity contribution is 0.177. The first-order valence-electron chi connectivity index (χ1n) is 7.56. The highest BCUT2D eigenvalue weighted by atomic mass is 16.5. The molecule has 0 saturated carbocycles. The van der Waals surface area contributed by atoms with E-state index in [0.29, 0.717) is 24.7 Å². The predicted molar refractivity (Wildman–Crippen MR) is 76.3 cm³/mol. The van der Waals surface area contributed by atoms with Gasteiger partial charge in [0, 0.05) is 32.3 Å². The largest absolute Gasteiger partial charge is 0.377 e. The predicted octanol–water partition coefficient (Wildman–Crippen LogP) is 0.942. The molecule has 112 valence electrons. The highest BCUT2D eigenvalue weighted by molar-refractivity contribution is 5.03. The molecule has 2 aliphatic heterocycles. The van der Waals surface area contributed by atoms with E-state index >= 15 is 0 Å². The summed E-state index contributed by atoms with van der Waals surface area (Å²) in [6.45, 7) is 4.89. The van der Waals surface area contributed by atoms with Crippen molar-refractivity contribution in [2.75, 3.05) is 20.7 Å². The molecule has 0 aliphatic carbocycles. The van der Waals surface area contributed by atoms with Crippen LogP contribution in [0.5, 0.6) is 0 Å². The molecule has 2 aliphatic rings. The molecule has 0 spiro atoms. The second kappa shape index (κ2) is 5.79. The molecule has 1 aromatic heterocycles. The fraction of sp³-hybridized carbons (Fsp3) is 0.857. The Kier molecular flexibility index (Phi) is 4.05. The van der Waals surface area contributed by atoms with Crippen molar-refractivity contribution in [3.05, 3.63) is 11.6 Å². The summed E-state index contributed by atoms with van der Waals surface area (Å²) in [6, 6.07) is 1.57.